The first kappa shape index (κ1) is 15.6. The zero-order valence-electron chi connectivity index (χ0n) is 12.4. The molecule has 2 rings (SSSR count). The first-order chi connectivity index (χ1) is 10.1. The average Bonchev–Trinajstić information content (AvgIpc) is 2.48. The number of aromatic nitrogens is 1. The summed E-state index contributed by atoms with van der Waals surface area (Å²) < 4.78 is 11.2. The van der Waals surface area contributed by atoms with Crippen LogP contribution in [0.4, 0.5) is 0 Å². The molecule has 0 saturated heterocycles. The number of methoxy groups -OCH3 is 1. The van der Waals surface area contributed by atoms with Crippen molar-refractivity contribution in [3.05, 3.63) is 51.8 Å². The number of pyridine rings is 1. The fourth-order valence-electron chi connectivity index (χ4n) is 2.21. The second-order valence-corrected chi connectivity index (χ2v) is 5.23. The van der Waals surface area contributed by atoms with Gasteiger partial charge in [-0.15, -0.1) is 0 Å². The summed E-state index contributed by atoms with van der Waals surface area (Å²) in [7, 11) is 1.66. The van der Waals surface area contributed by atoms with Gasteiger partial charge >= 0.3 is 0 Å². The number of hydrogen-bond acceptors (Lipinski definition) is 4. The summed E-state index contributed by atoms with van der Waals surface area (Å²) in [6.07, 6.45) is 1.79. The van der Waals surface area contributed by atoms with Crippen molar-refractivity contribution in [2.45, 2.75) is 27.0 Å². The summed E-state index contributed by atoms with van der Waals surface area (Å²) in [4.78, 5) is 4.41. The predicted octanol–water partition coefficient (Wildman–Crippen LogP) is 3.40. The van der Waals surface area contributed by atoms with E-state index in [4.69, 9.17) is 26.8 Å². The first-order valence-electron chi connectivity index (χ1n) is 6.67. The average molecular weight is 307 g/mol. The number of halogens is 1. The Labute approximate surface area is 129 Å². The highest BCUT2D eigenvalue weighted by atomic mass is 35.5. The molecule has 2 N–H and O–H groups in total. The van der Waals surface area contributed by atoms with E-state index in [0.29, 0.717) is 18.2 Å². The van der Waals surface area contributed by atoms with Gasteiger partial charge in [0.05, 0.1) is 12.8 Å². The Bertz CT molecular complexity index is 644. The van der Waals surface area contributed by atoms with E-state index in [-0.39, 0.29) is 0 Å². The Morgan fingerprint density at radius 2 is 2.05 bits per heavy atom. The van der Waals surface area contributed by atoms with E-state index in [0.717, 1.165) is 33.9 Å². The van der Waals surface area contributed by atoms with Crippen LogP contribution in [-0.2, 0) is 13.2 Å². The molecule has 0 fully saturated rings. The second-order valence-electron chi connectivity index (χ2n) is 4.79. The number of nitrogens with zero attached hydrogens (tertiary/aromatic N) is 1. The van der Waals surface area contributed by atoms with Gasteiger partial charge in [-0.2, -0.15) is 0 Å². The molecule has 1 heterocycles. The third-order valence-electron chi connectivity index (χ3n) is 3.36. The highest BCUT2D eigenvalue weighted by Gasteiger charge is 2.11. The third kappa shape index (κ3) is 3.46. The molecule has 0 unspecified atom stereocenters. The van der Waals surface area contributed by atoms with Gasteiger partial charge in [-0.25, -0.2) is 0 Å². The van der Waals surface area contributed by atoms with Crippen molar-refractivity contribution < 1.29 is 9.47 Å². The number of aryl methyl sites for hydroxylation is 1. The van der Waals surface area contributed by atoms with Crippen LogP contribution in [0.5, 0.6) is 11.5 Å². The largest absolute Gasteiger partial charge is 0.496 e. The molecule has 112 valence electrons. The molecule has 4 nitrogen and oxygen atoms in total. The lowest BCUT2D eigenvalue weighted by molar-refractivity contribution is 0.295. The van der Waals surface area contributed by atoms with Crippen LogP contribution in [0, 0.1) is 13.8 Å². The van der Waals surface area contributed by atoms with Crippen molar-refractivity contribution in [2.24, 2.45) is 5.73 Å². The SMILES string of the molecule is COc1c(C)cnc(COc2ccc(Cl)cc2CN)c1C. The van der Waals surface area contributed by atoms with Gasteiger partial charge in [-0.1, -0.05) is 11.6 Å². The number of ether oxygens (including phenoxy) is 2. The summed E-state index contributed by atoms with van der Waals surface area (Å²) in [6.45, 7) is 4.68. The Hall–Kier alpha value is -1.78. The van der Waals surface area contributed by atoms with Crippen molar-refractivity contribution in [3.8, 4) is 11.5 Å². The molecule has 0 spiro atoms. The van der Waals surface area contributed by atoms with E-state index in [1.165, 1.54) is 0 Å². The molecule has 21 heavy (non-hydrogen) atoms. The zero-order valence-corrected chi connectivity index (χ0v) is 13.2. The highest BCUT2D eigenvalue weighted by molar-refractivity contribution is 6.30. The summed E-state index contributed by atoms with van der Waals surface area (Å²) >= 11 is 5.95. The lowest BCUT2D eigenvalue weighted by atomic mass is 10.1. The molecule has 0 amide bonds. The molecule has 1 aromatic carbocycles. The summed E-state index contributed by atoms with van der Waals surface area (Å²) in [5.41, 5.74) is 9.42. The monoisotopic (exact) mass is 306 g/mol. The molecule has 0 aliphatic rings. The van der Waals surface area contributed by atoms with Gasteiger partial charge in [0, 0.05) is 34.5 Å². The van der Waals surface area contributed by atoms with Crippen molar-refractivity contribution in [1.82, 2.24) is 4.98 Å². The van der Waals surface area contributed by atoms with Crippen LogP contribution in [0.1, 0.15) is 22.4 Å². The van der Waals surface area contributed by atoms with Gasteiger partial charge in [-0.05, 0) is 32.0 Å². The number of hydrogen-bond donors (Lipinski definition) is 1. The van der Waals surface area contributed by atoms with E-state index < -0.39 is 0 Å². The first-order valence-corrected chi connectivity index (χ1v) is 7.05. The second kappa shape index (κ2) is 6.78. The van der Waals surface area contributed by atoms with Crippen molar-refractivity contribution in [2.75, 3.05) is 7.11 Å². The van der Waals surface area contributed by atoms with Gasteiger partial charge < -0.3 is 15.2 Å². The fraction of sp³-hybridized carbons (Fsp3) is 0.312. The summed E-state index contributed by atoms with van der Waals surface area (Å²) in [6, 6.07) is 5.42. The zero-order chi connectivity index (χ0) is 15.4. The molecule has 1 aromatic heterocycles. The van der Waals surface area contributed by atoms with Crippen molar-refractivity contribution in [1.29, 1.82) is 0 Å². The maximum Gasteiger partial charge on any atom is 0.131 e. The quantitative estimate of drug-likeness (QED) is 0.920. The van der Waals surface area contributed by atoms with E-state index in [9.17, 15) is 0 Å². The van der Waals surface area contributed by atoms with Crippen LogP contribution in [0.3, 0.4) is 0 Å². The molecule has 5 heteroatoms. The fourth-order valence-corrected chi connectivity index (χ4v) is 2.41. The predicted molar refractivity (Wildman–Crippen MR) is 83.9 cm³/mol. The highest BCUT2D eigenvalue weighted by Crippen LogP contribution is 2.26. The van der Waals surface area contributed by atoms with Crippen LogP contribution < -0.4 is 15.2 Å². The van der Waals surface area contributed by atoms with Gasteiger partial charge in [0.1, 0.15) is 18.1 Å². The van der Waals surface area contributed by atoms with Crippen LogP contribution in [0.15, 0.2) is 24.4 Å². The Morgan fingerprint density at radius 3 is 2.71 bits per heavy atom. The normalized spacial score (nSPS) is 10.5. The Kier molecular flexibility index (Phi) is 5.04. The maximum absolute atomic E-state index is 5.95. The van der Waals surface area contributed by atoms with Crippen LogP contribution >= 0.6 is 11.6 Å². The molecule has 0 saturated carbocycles. The minimum absolute atomic E-state index is 0.358. The lowest BCUT2D eigenvalue weighted by Crippen LogP contribution is -2.06. The number of benzene rings is 1. The van der Waals surface area contributed by atoms with Gasteiger partial charge in [0.15, 0.2) is 0 Å². The smallest absolute Gasteiger partial charge is 0.131 e. The van der Waals surface area contributed by atoms with E-state index in [1.807, 2.05) is 26.0 Å². The molecule has 0 aliphatic carbocycles. The molecule has 0 aliphatic heterocycles. The Balaban J connectivity index is 2.21. The topological polar surface area (TPSA) is 57.4 Å². The van der Waals surface area contributed by atoms with E-state index >= 15 is 0 Å². The minimum atomic E-state index is 0.358. The van der Waals surface area contributed by atoms with Gasteiger partial charge in [0.2, 0.25) is 0 Å². The molecule has 0 atom stereocenters. The lowest BCUT2D eigenvalue weighted by Gasteiger charge is -2.14. The number of nitrogens with two attached hydrogens (primary N) is 1. The van der Waals surface area contributed by atoms with E-state index in [2.05, 4.69) is 4.98 Å². The summed E-state index contributed by atoms with van der Waals surface area (Å²) in [5.74, 6) is 1.57. The molecular formula is C16H19ClN2O2. The molecule has 0 radical (unpaired) electrons. The maximum atomic E-state index is 5.95. The standard InChI is InChI=1S/C16H19ClN2O2/c1-10-8-19-14(11(2)16(10)20-3)9-21-15-5-4-13(17)6-12(15)7-18/h4-6,8H,7,9,18H2,1-3H3. The number of rotatable bonds is 5. The summed E-state index contributed by atoms with van der Waals surface area (Å²) in [5, 5.41) is 0.647. The van der Waals surface area contributed by atoms with Crippen LogP contribution in [-0.4, -0.2) is 12.1 Å². The van der Waals surface area contributed by atoms with E-state index in [1.54, 1.807) is 19.4 Å². The van der Waals surface area contributed by atoms with Crippen molar-refractivity contribution >= 4 is 11.6 Å². The van der Waals surface area contributed by atoms with Crippen LogP contribution in [0.25, 0.3) is 0 Å². The third-order valence-corrected chi connectivity index (χ3v) is 3.59. The molecule has 0 bridgehead atoms. The molecular weight excluding hydrogens is 288 g/mol. The van der Waals surface area contributed by atoms with Crippen LogP contribution in [0.2, 0.25) is 5.02 Å². The molecule has 2 aromatic rings. The minimum Gasteiger partial charge on any atom is -0.496 e. The van der Waals surface area contributed by atoms with Gasteiger partial charge in [0.25, 0.3) is 0 Å². The van der Waals surface area contributed by atoms with Crippen molar-refractivity contribution in [3.63, 3.8) is 0 Å². The Morgan fingerprint density at radius 1 is 1.29 bits per heavy atom. The van der Waals surface area contributed by atoms with Gasteiger partial charge in [-0.3, -0.25) is 4.98 Å².